The summed E-state index contributed by atoms with van der Waals surface area (Å²) in [7, 11) is 1.77. The Labute approximate surface area is 191 Å². The summed E-state index contributed by atoms with van der Waals surface area (Å²) in [6.45, 7) is 0.834. The van der Waals surface area contributed by atoms with Gasteiger partial charge in [0, 0.05) is 25.1 Å². The molecule has 2 N–H and O–H groups in total. The first kappa shape index (κ1) is 22.2. The fraction of sp³-hybridized carbons (Fsp3) is 0.250. The number of ether oxygens (including phenoxy) is 1. The fourth-order valence-electron chi connectivity index (χ4n) is 3.64. The number of hydrogen-bond acceptors (Lipinski definition) is 7. The minimum atomic E-state index is -0.761. The summed E-state index contributed by atoms with van der Waals surface area (Å²) in [4.78, 5) is 28.3. The van der Waals surface area contributed by atoms with Gasteiger partial charge in [-0.15, -0.1) is 5.10 Å². The molecule has 0 saturated carbocycles. The number of anilines is 1. The number of imidazole rings is 1. The van der Waals surface area contributed by atoms with Gasteiger partial charge in [-0.25, -0.2) is 4.98 Å². The number of benzene rings is 2. The molecule has 2 bridgehead atoms. The number of allylic oxidation sites excluding steroid dienone is 1. The molecule has 0 radical (unpaired) electrons. The lowest BCUT2D eigenvalue weighted by Crippen LogP contribution is -2.23. The SMILES string of the molecule is CN1Cc2cccc(c2)C(=O)Nc2nc3ccccc3n2CC(O)CCOC(/C=C\C=O)=N/1. The second kappa shape index (κ2) is 10.1. The third-order valence-electron chi connectivity index (χ3n) is 5.16. The lowest BCUT2D eigenvalue weighted by Gasteiger charge is -2.18. The van der Waals surface area contributed by atoms with E-state index in [0.29, 0.717) is 30.8 Å². The van der Waals surface area contributed by atoms with Gasteiger partial charge in [0.15, 0.2) is 0 Å². The highest BCUT2D eigenvalue weighted by molar-refractivity contribution is 6.04. The van der Waals surface area contributed by atoms with Crippen molar-refractivity contribution in [3.05, 3.63) is 71.8 Å². The van der Waals surface area contributed by atoms with Crippen LogP contribution in [0.3, 0.4) is 0 Å². The van der Waals surface area contributed by atoms with Crippen molar-refractivity contribution >= 4 is 35.1 Å². The molecule has 0 fully saturated rings. The topological polar surface area (TPSA) is 109 Å². The molecule has 4 rings (SSSR count). The van der Waals surface area contributed by atoms with E-state index in [9.17, 15) is 14.7 Å². The average molecular weight is 447 g/mol. The highest BCUT2D eigenvalue weighted by Gasteiger charge is 2.18. The largest absolute Gasteiger partial charge is 0.477 e. The summed E-state index contributed by atoms with van der Waals surface area (Å²) < 4.78 is 7.52. The van der Waals surface area contributed by atoms with Crippen molar-refractivity contribution in [1.29, 1.82) is 0 Å². The van der Waals surface area contributed by atoms with Crippen molar-refractivity contribution in [2.45, 2.75) is 25.6 Å². The van der Waals surface area contributed by atoms with Crippen LogP contribution in [0, 0.1) is 0 Å². The van der Waals surface area contributed by atoms with Gasteiger partial charge in [0.1, 0.15) is 6.29 Å². The van der Waals surface area contributed by atoms with Crippen LogP contribution in [-0.4, -0.2) is 57.5 Å². The summed E-state index contributed by atoms with van der Waals surface area (Å²) in [5.41, 5.74) is 2.88. The first-order chi connectivity index (χ1) is 16.0. The van der Waals surface area contributed by atoms with Crippen molar-refractivity contribution < 1.29 is 19.4 Å². The van der Waals surface area contributed by atoms with Crippen LogP contribution in [-0.2, 0) is 22.6 Å². The molecule has 2 aromatic carbocycles. The van der Waals surface area contributed by atoms with Crippen molar-refractivity contribution in [3.63, 3.8) is 0 Å². The van der Waals surface area contributed by atoms with Crippen LogP contribution in [0.5, 0.6) is 0 Å². The van der Waals surface area contributed by atoms with Crippen LogP contribution in [0.1, 0.15) is 22.3 Å². The lowest BCUT2D eigenvalue weighted by atomic mass is 10.1. The zero-order chi connectivity index (χ0) is 23.2. The molecule has 0 aliphatic carbocycles. The molecule has 2 heterocycles. The molecule has 9 nitrogen and oxygen atoms in total. The molecule has 1 amide bonds. The third-order valence-corrected chi connectivity index (χ3v) is 5.16. The Morgan fingerprint density at radius 2 is 2.06 bits per heavy atom. The van der Waals surface area contributed by atoms with Crippen LogP contribution in [0.2, 0.25) is 0 Å². The summed E-state index contributed by atoms with van der Waals surface area (Å²) in [5.74, 6) is 0.331. The Morgan fingerprint density at radius 3 is 2.91 bits per heavy atom. The number of fused-ring (bicyclic) bond motifs is 5. The number of carbonyl (C=O) groups is 2. The predicted octanol–water partition coefficient (Wildman–Crippen LogP) is 2.57. The van der Waals surface area contributed by atoms with E-state index in [1.54, 1.807) is 34.8 Å². The summed E-state index contributed by atoms with van der Waals surface area (Å²) in [6.07, 6.45) is 2.98. The van der Waals surface area contributed by atoms with Crippen molar-refractivity contribution in [1.82, 2.24) is 14.6 Å². The van der Waals surface area contributed by atoms with E-state index < -0.39 is 6.10 Å². The van der Waals surface area contributed by atoms with Gasteiger partial charge in [-0.2, -0.15) is 0 Å². The van der Waals surface area contributed by atoms with E-state index in [4.69, 9.17) is 4.74 Å². The maximum Gasteiger partial charge on any atom is 0.257 e. The van der Waals surface area contributed by atoms with E-state index in [1.807, 2.05) is 30.3 Å². The quantitative estimate of drug-likeness (QED) is 0.462. The van der Waals surface area contributed by atoms with Gasteiger partial charge in [0.25, 0.3) is 5.91 Å². The predicted molar refractivity (Wildman–Crippen MR) is 125 cm³/mol. The molecule has 0 spiro atoms. The van der Waals surface area contributed by atoms with Crippen molar-refractivity contribution in [2.75, 3.05) is 19.0 Å². The number of aldehydes is 1. The molecule has 1 aliphatic heterocycles. The number of para-hydroxylation sites is 2. The van der Waals surface area contributed by atoms with Gasteiger partial charge in [0.05, 0.1) is 36.8 Å². The van der Waals surface area contributed by atoms with E-state index in [0.717, 1.165) is 16.6 Å². The number of rotatable bonds is 2. The lowest BCUT2D eigenvalue weighted by molar-refractivity contribution is -0.104. The first-order valence-corrected chi connectivity index (χ1v) is 10.6. The first-order valence-electron chi connectivity index (χ1n) is 10.6. The molecular formula is C24H25N5O4. The van der Waals surface area contributed by atoms with Gasteiger partial charge in [-0.1, -0.05) is 24.3 Å². The zero-order valence-corrected chi connectivity index (χ0v) is 18.2. The van der Waals surface area contributed by atoms with E-state index in [-0.39, 0.29) is 25.0 Å². The number of aromatic nitrogens is 2. The summed E-state index contributed by atoms with van der Waals surface area (Å²) in [5, 5.41) is 19.6. The smallest absolute Gasteiger partial charge is 0.257 e. The molecule has 0 saturated heterocycles. The number of amides is 1. The maximum atomic E-state index is 13.0. The van der Waals surface area contributed by atoms with Gasteiger partial charge in [-0.3, -0.25) is 19.9 Å². The number of hydrogen-bond donors (Lipinski definition) is 2. The number of aliphatic hydroxyl groups is 1. The molecule has 1 atom stereocenters. The maximum absolute atomic E-state index is 13.0. The number of aliphatic hydroxyl groups excluding tert-OH is 1. The number of carbonyl (C=O) groups excluding carboxylic acids is 2. The van der Waals surface area contributed by atoms with Gasteiger partial charge in [-0.05, 0) is 35.9 Å². The third kappa shape index (κ3) is 5.45. The average Bonchev–Trinajstić information content (AvgIpc) is 3.13. The van der Waals surface area contributed by atoms with Crippen LogP contribution < -0.4 is 5.32 Å². The van der Waals surface area contributed by atoms with E-state index >= 15 is 0 Å². The standard InChI is InChI=1S/C24H25N5O4/c1-28-15-17-6-4-7-18(14-17)23(32)26-24-25-20-8-2-3-9-21(20)29(24)16-19(31)11-13-33-22(27-28)10-5-12-30/h2-10,12,14,19,31H,11,13,15-16H2,1H3,(H,25,26,32)/b10-5-,27-22+. The Bertz CT molecular complexity index is 1220. The van der Waals surface area contributed by atoms with Crippen LogP contribution in [0.15, 0.2) is 65.8 Å². The number of nitrogens with one attached hydrogen (secondary N) is 1. The molecule has 33 heavy (non-hydrogen) atoms. The second-order valence-electron chi connectivity index (χ2n) is 7.73. The van der Waals surface area contributed by atoms with Crippen LogP contribution in [0.25, 0.3) is 11.0 Å². The molecule has 1 unspecified atom stereocenters. The summed E-state index contributed by atoms with van der Waals surface area (Å²) >= 11 is 0. The van der Waals surface area contributed by atoms with Crippen LogP contribution >= 0.6 is 0 Å². The highest BCUT2D eigenvalue weighted by Crippen LogP contribution is 2.21. The Morgan fingerprint density at radius 1 is 1.21 bits per heavy atom. The fourth-order valence-corrected chi connectivity index (χ4v) is 3.64. The van der Waals surface area contributed by atoms with Crippen LogP contribution in [0.4, 0.5) is 5.95 Å². The number of hydrazone groups is 1. The minimum absolute atomic E-state index is 0.195. The molecule has 1 aliphatic rings. The Balaban J connectivity index is 1.72. The normalized spacial score (nSPS) is 19.5. The Hall–Kier alpha value is -3.98. The zero-order valence-electron chi connectivity index (χ0n) is 18.2. The van der Waals surface area contributed by atoms with E-state index in [2.05, 4.69) is 15.4 Å². The van der Waals surface area contributed by atoms with E-state index in [1.165, 1.54) is 12.2 Å². The second-order valence-corrected chi connectivity index (χ2v) is 7.73. The summed E-state index contributed by atoms with van der Waals surface area (Å²) in [6, 6.07) is 14.7. The van der Waals surface area contributed by atoms with Crippen molar-refractivity contribution in [3.8, 4) is 0 Å². The molecule has 3 aromatic rings. The Kier molecular flexibility index (Phi) is 6.80. The van der Waals surface area contributed by atoms with Gasteiger partial charge < -0.3 is 14.4 Å². The molecular weight excluding hydrogens is 422 g/mol. The van der Waals surface area contributed by atoms with Gasteiger partial charge >= 0.3 is 0 Å². The van der Waals surface area contributed by atoms with Gasteiger partial charge in [0.2, 0.25) is 11.8 Å². The minimum Gasteiger partial charge on any atom is -0.477 e. The number of nitrogens with zero attached hydrogens (tertiary/aromatic N) is 4. The molecule has 1 aromatic heterocycles. The molecule has 9 heteroatoms. The van der Waals surface area contributed by atoms with Crippen molar-refractivity contribution in [2.24, 2.45) is 5.10 Å². The monoisotopic (exact) mass is 447 g/mol. The molecule has 170 valence electrons. The highest BCUT2D eigenvalue weighted by atomic mass is 16.5.